The van der Waals surface area contributed by atoms with E-state index < -0.39 is 30.6 Å². The van der Waals surface area contributed by atoms with Crippen LogP contribution in [0.3, 0.4) is 0 Å². The van der Waals surface area contributed by atoms with Crippen molar-refractivity contribution >= 4 is 33.8 Å². The number of carbonyl (C=O) groups excluding carboxylic acids is 3. The molecular weight excluding hydrogens is 929 g/mol. The molecule has 4 aromatic carbocycles. The van der Waals surface area contributed by atoms with Gasteiger partial charge in [0.25, 0.3) is 0 Å². The Balaban J connectivity index is 0.000000164. The number of hydrogen-bond donors (Lipinski definition) is 3. The number of allylic oxidation sites excluding steroid dienone is 2. The fourth-order valence-corrected chi connectivity index (χ4v) is 6.28. The minimum absolute atomic E-state index is 0.150. The van der Waals surface area contributed by atoms with E-state index in [0.29, 0.717) is 52.4 Å². The molecule has 1 aliphatic carbocycles. The summed E-state index contributed by atoms with van der Waals surface area (Å²) in [6.07, 6.45) is 0.819. The van der Waals surface area contributed by atoms with Gasteiger partial charge in [0.1, 0.15) is 19.0 Å². The van der Waals surface area contributed by atoms with Crippen molar-refractivity contribution in [2.24, 2.45) is 11.8 Å². The number of nitrogens with zero attached hydrogens (tertiary/aromatic N) is 9. The molecule has 0 bridgehead atoms. The van der Waals surface area contributed by atoms with E-state index >= 15 is 0 Å². The zero-order chi connectivity index (χ0) is 47.1. The number of nitrogens with one attached hydrogen (secondary N) is 3. The molecule has 66 heavy (non-hydrogen) atoms. The summed E-state index contributed by atoms with van der Waals surface area (Å²) in [5, 5.41) is 40.5. The Hall–Kier alpha value is -7.75. The van der Waals surface area contributed by atoms with Gasteiger partial charge in [-0.05, 0) is 108 Å². The van der Waals surface area contributed by atoms with Crippen LogP contribution in [0.15, 0.2) is 125 Å². The van der Waals surface area contributed by atoms with Crippen molar-refractivity contribution in [1.82, 2.24) is 61.9 Å². The highest BCUT2D eigenvalue weighted by molar-refractivity contribution is 9.10. The lowest BCUT2D eigenvalue weighted by Gasteiger charge is -2.22. The maximum absolute atomic E-state index is 12.3. The highest BCUT2D eigenvalue weighted by Gasteiger charge is 2.36. The molecule has 3 heterocycles. The fraction of sp³-hybridized carbons (Fsp3) is 0.227. The lowest BCUT2D eigenvalue weighted by Crippen LogP contribution is -2.25. The van der Waals surface area contributed by atoms with Crippen LogP contribution in [0, 0.1) is 11.8 Å². The van der Waals surface area contributed by atoms with Gasteiger partial charge >= 0.3 is 24.1 Å². The van der Waals surface area contributed by atoms with Crippen LogP contribution in [0.5, 0.6) is 5.75 Å². The minimum atomic E-state index is -4.39. The van der Waals surface area contributed by atoms with Gasteiger partial charge in [-0.25, -0.2) is 14.4 Å². The van der Waals surface area contributed by atoms with Crippen LogP contribution >= 0.6 is 15.9 Å². The van der Waals surface area contributed by atoms with Gasteiger partial charge in [0.15, 0.2) is 0 Å². The predicted octanol–water partition coefficient (Wildman–Crippen LogP) is 8.40. The molecule has 8 rings (SSSR count). The molecule has 3 aromatic heterocycles. The molecule has 18 nitrogen and oxygen atoms in total. The van der Waals surface area contributed by atoms with Gasteiger partial charge in [-0.3, -0.25) is 0 Å². The quantitative estimate of drug-likeness (QED) is 0.0591. The Morgan fingerprint density at radius 1 is 0.727 bits per heavy atom. The molecule has 3 N–H and O–H groups in total. The van der Waals surface area contributed by atoms with Crippen molar-refractivity contribution in [1.29, 1.82) is 0 Å². The van der Waals surface area contributed by atoms with Gasteiger partial charge in [0, 0.05) is 21.2 Å². The van der Waals surface area contributed by atoms with E-state index in [1.165, 1.54) is 23.3 Å². The summed E-state index contributed by atoms with van der Waals surface area (Å²) in [7, 11) is 0. The summed E-state index contributed by atoms with van der Waals surface area (Å²) in [6, 6.07) is 26.8. The van der Waals surface area contributed by atoms with Crippen LogP contribution in [0.4, 0.5) is 13.2 Å². The van der Waals surface area contributed by atoms with E-state index in [1.54, 1.807) is 78.9 Å². The first-order valence-corrected chi connectivity index (χ1v) is 20.8. The van der Waals surface area contributed by atoms with Gasteiger partial charge in [-0.2, -0.15) is 28.8 Å². The van der Waals surface area contributed by atoms with Gasteiger partial charge in [0.2, 0.25) is 17.5 Å². The molecule has 1 aliphatic rings. The average Bonchev–Trinajstić information content (AvgIpc) is 4.17. The third kappa shape index (κ3) is 13.9. The van der Waals surface area contributed by atoms with Crippen LogP contribution < -0.4 is 4.74 Å². The Kier molecular flexibility index (Phi) is 16.4. The largest absolute Gasteiger partial charge is 0.461 e. The molecule has 0 saturated heterocycles. The summed E-state index contributed by atoms with van der Waals surface area (Å²) < 4.78 is 53.1. The SMILES string of the molecule is C=C(C)C1CC=C(COC(=O)c2ccc(-c3nn[nH]n3)cc2)CC1.CC(COC(=O)c1ccc(-c2nn[nH]n2)cc1)C(F)(F)F.O=C(Oc1cccc(Br)c1)c1ccc(-c2nn[nH]n2)cc1. The number of aromatic nitrogens is 12. The van der Waals surface area contributed by atoms with E-state index in [4.69, 9.17) is 9.47 Å². The number of esters is 3. The number of H-pyrrole nitrogens is 3. The fourth-order valence-electron chi connectivity index (χ4n) is 5.90. The first kappa shape index (κ1) is 47.7. The van der Waals surface area contributed by atoms with E-state index in [0.717, 1.165) is 41.8 Å². The second kappa shape index (κ2) is 22.7. The first-order chi connectivity index (χ1) is 31.7. The number of tetrazole rings is 3. The van der Waals surface area contributed by atoms with Crippen molar-refractivity contribution in [3.05, 3.63) is 142 Å². The number of rotatable bonds is 12. The molecular formula is C44H40BrF3N12O6. The second-order valence-electron chi connectivity index (χ2n) is 14.6. The first-order valence-electron chi connectivity index (χ1n) is 20.0. The van der Waals surface area contributed by atoms with Crippen molar-refractivity contribution in [3.8, 4) is 39.9 Å². The molecule has 22 heteroatoms. The second-order valence-corrected chi connectivity index (χ2v) is 15.5. The van der Waals surface area contributed by atoms with Crippen molar-refractivity contribution < 1.29 is 41.8 Å². The van der Waals surface area contributed by atoms with Gasteiger partial charge in [0.05, 0.1) is 22.6 Å². The van der Waals surface area contributed by atoms with Crippen molar-refractivity contribution in [2.45, 2.75) is 39.3 Å². The zero-order valence-electron chi connectivity index (χ0n) is 35.2. The minimum Gasteiger partial charge on any atom is -0.461 e. The third-order valence-corrected chi connectivity index (χ3v) is 10.3. The summed E-state index contributed by atoms with van der Waals surface area (Å²) in [4.78, 5) is 35.8. The molecule has 0 aliphatic heterocycles. The zero-order valence-corrected chi connectivity index (χ0v) is 36.8. The van der Waals surface area contributed by atoms with E-state index in [-0.39, 0.29) is 11.5 Å². The number of halogens is 4. The number of hydrogen-bond acceptors (Lipinski definition) is 15. The van der Waals surface area contributed by atoms with Crippen LogP contribution in [-0.4, -0.2) is 99.2 Å². The van der Waals surface area contributed by atoms with Crippen molar-refractivity contribution in [3.63, 3.8) is 0 Å². The molecule has 2 unspecified atom stereocenters. The smallest absolute Gasteiger partial charge is 0.394 e. The summed E-state index contributed by atoms with van der Waals surface area (Å²) in [5.74, 6) is -0.910. The number of aromatic amines is 3. The standard InChI is InChI=1S/C18H20N4O2.C14H9BrN4O2.C12H11F3N4O2/c1-12(2)14-5-3-13(4-6-14)11-24-18(23)16-9-7-15(8-10-16)17-19-21-22-20-17;15-11-2-1-3-12(8-11)21-14(20)10-6-4-9(5-7-10)13-16-18-19-17-13;1-7(12(13,14)15)6-21-11(20)9-4-2-8(3-5-9)10-16-18-19-17-10/h3,7-10,14H,1,4-6,11H2,2H3,(H,19,20,21,22);1-8H,(H,16,17,18,19);2-5,7H,6H2,1H3,(H,16,17,18,19). The molecule has 0 saturated carbocycles. The van der Waals surface area contributed by atoms with Gasteiger partial charge in [-0.1, -0.05) is 83.5 Å². The average molecular weight is 970 g/mol. The Bertz CT molecular complexity index is 2700. The summed E-state index contributed by atoms with van der Waals surface area (Å²) in [5.41, 5.74) is 5.69. The molecule has 340 valence electrons. The highest BCUT2D eigenvalue weighted by atomic mass is 79.9. The summed E-state index contributed by atoms with van der Waals surface area (Å²) >= 11 is 3.33. The molecule has 0 spiro atoms. The van der Waals surface area contributed by atoms with E-state index in [2.05, 4.69) is 102 Å². The Morgan fingerprint density at radius 3 is 1.59 bits per heavy atom. The molecule has 2 atom stereocenters. The number of ether oxygens (including phenoxy) is 3. The lowest BCUT2D eigenvalue weighted by molar-refractivity contribution is -0.178. The Labute approximate surface area is 382 Å². The predicted molar refractivity (Wildman–Crippen MR) is 234 cm³/mol. The van der Waals surface area contributed by atoms with Crippen LogP contribution in [0.1, 0.15) is 64.2 Å². The number of alkyl halides is 3. The van der Waals surface area contributed by atoms with Crippen LogP contribution in [-0.2, 0) is 9.47 Å². The van der Waals surface area contributed by atoms with Gasteiger partial charge < -0.3 is 14.2 Å². The maximum Gasteiger partial charge on any atom is 0.394 e. The third-order valence-electron chi connectivity index (χ3n) is 9.79. The van der Waals surface area contributed by atoms with Crippen LogP contribution in [0.25, 0.3) is 34.2 Å². The molecule has 0 radical (unpaired) electrons. The van der Waals surface area contributed by atoms with E-state index in [1.807, 2.05) is 6.07 Å². The monoisotopic (exact) mass is 968 g/mol. The molecule has 0 fully saturated rings. The Morgan fingerprint density at radius 2 is 1.20 bits per heavy atom. The molecule has 0 amide bonds. The number of carbonyl (C=O) groups is 3. The number of benzene rings is 4. The van der Waals surface area contributed by atoms with E-state index in [9.17, 15) is 27.6 Å². The molecule has 7 aromatic rings. The van der Waals surface area contributed by atoms with Crippen LogP contribution in [0.2, 0.25) is 0 Å². The van der Waals surface area contributed by atoms with Gasteiger partial charge in [-0.15, -0.1) is 30.6 Å². The maximum atomic E-state index is 12.3. The normalized spacial score (nSPS) is 13.7. The van der Waals surface area contributed by atoms with Crippen molar-refractivity contribution in [2.75, 3.05) is 13.2 Å². The highest BCUT2D eigenvalue weighted by Crippen LogP contribution is 2.29. The topological polar surface area (TPSA) is 242 Å². The lowest BCUT2D eigenvalue weighted by atomic mass is 9.86. The summed E-state index contributed by atoms with van der Waals surface area (Å²) in [6.45, 7) is 6.68.